The Morgan fingerprint density at radius 1 is 1.55 bits per heavy atom. The molecule has 2 aromatic rings. The molecule has 0 bridgehead atoms. The molecule has 6 nitrogen and oxygen atoms in total. The monoisotopic (exact) mass is 313 g/mol. The SMILES string of the molecule is CCc1nn2c(=O)cc(CSC(CC)C(=O)O)nc2s1. The molecule has 20 heavy (non-hydrogen) atoms. The van der Waals surface area contributed by atoms with Crippen LogP contribution in [0.15, 0.2) is 10.9 Å². The number of carbonyl (C=O) groups is 1. The van der Waals surface area contributed by atoms with E-state index in [1.807, 2.05) is 13.8 Å². The minimum Gasteiger partial charge on any atom is -0.480 e. The fraction of sp³-hybridized carbons (Fsp3) is 0.500. The van der Waals surface area contributed by atoms with Gasteiger partial charge in [-0.05, 0) is 12.8 Å². The zero-order valence-corrected chi connectivity index (χ0v) is 12.8. The Labute approximate surface area is 123 Å². The summed E-state index contributed by atoms with van der Waals surface area (Å²) in [7, 11) is 0. The molecule has 0 radical (unpaired) electrons. The van der Waals surface area contributed by atoms with Crippen molar-refractivity contribution in [2.24, 2.45) is 0 Å². The number of fused-ring (bicyclic) bond motifs is 1. The standard InChI is InChI=1S/C12H15N3O3S2/c1-3-8(11(17)18)19-6-7-5-10(16)15-12(13-7)20-9(4-2)14-15/h5,8H,3-4,6H2,1-2H3,(H,17,18). The van der Waals surface area contributed by atoms with E-state index in [2.05, 4.69) is 10.1 Å². The van der Waals surface area contributed by atoms with Crippen molar-refractivity contribution in [3.8, 4) is 0 Å². The molecule has 0 saturated carbocycles. The lowest BCUT2D eigenvalue weighted by Crippen LogP contribution is -2.17. The molecular formula is C12H15N3O3S2. The maximum Gasteiger partial charge on any atom is 0.316 e. The summed E-state index contributed by atoms with van der Waals surface area (Å²) in [5, 5.41) is 13.6. The average Bonchev–Trinajstić information content (AvgIpc) is 2.82. The van der Waals surface area contributed by atoms with E-state index in [-0.39, 0.29) is 5.56 Å². The number of thioether (sulfide) groups is 1. The molecule has 0 aromatic carbocycles. The third-order valence-corrected chi connectivity index (χ3v) is 5.17. The maximum atomic E-state index is 11.9. The summed E-state index contributed by atoms with van der Waals surface area (Å²) < 4.78 is 1.30. The summed E-state index contributed by atoms with van der Waals surface area (Å²) in [6, 6.07) is 1.42. The summed E-state index contributed by atoms with van der Waals surface area (Å²) in [4.78, 5) is 27.8. The first kappa shape index (κ1) is 15.0. The third kappa shape index (κ3) is 3.18. The van der Waals surface area contributed by atoms with Crippen molar-refractivity contribution in [2.75, 3.05) is 0 Å². The predicted molar refractivity (Wildman–Crippen MR) is 79.5 cm³/mol. The number of hydrogen-bond acceptors (Lipinski definition) is 6. The largest absolute Gasteiger partial charge is 0.480 e. The van der Waals surface area contributed by atoms with Crippen molar-refractivity contribution in [3.63, 3.8) is 0 Å². The summed E-state index contributed by atoms with van der Waals surface area (Å²) >= 11 is 2.67. The Hall–Kier alpha value is -1.41. The molecule has 8 heteroatoms. The van der Waals surface area contributed by atoms with E-state index in [1.54, 1.807) is 0 Å². The molecule has 108 valence electrons. The molecule has 0 amide bonds. The Morgan fingerprint density at radius 2 is 2.30 bits per heavy atom. The van der Waals surface area contributed by atoms with Gasteiger partial charge in [0.15, 0.2) is 0 Å². The van der Waals surface area contributed by atoms with Crippen LogP contribution in [0.2, 0.25) is 0 Å². The highest BCUT2D eigenvalue weighted by molar-refractivity contribution is 7.99. The second kappa shape index (κ2) is 6.36. The van der Waals surface area contributed by atoms with Crippen molar-refractivity contribution >= 4 is 34.0 Å². The maximum absolute atomic E-state index is 11.9. The van der Waals surface area contributed by atoms with Gasteiger partial charge in [-0.15, -0.1) is 11.8 Å². The van der Waals surface area contributed by atoms with Crippen molar-refractivity contribution < 1.29 is 9.90 Å². The average molecular weight is 313 g/mol. The van der Waals surface area contributed by atoms with Gasteiger partial charge in [-0.3, -0.25) is 9.59 Å². The Bertz CT molecular complexity index is 680. The van der Waals surface area contributed by atoms with Gasteiger partial charge in [0.05, 0.1) is 5.69 Å². The van der Waals surface area contributed by atoms with E-state index >= 15 is 0 Å². The zero-order chi connectivity index (χ0) is 14.7. The van der Waals surface area contributed by atoms with Crippen molar-refractivity contribution in [1.82, 2.24) is 14.6 Å². The highest BCUT2D eigenvalue weighted by Gasteiger charge is 2.16. The van der Waals surface area contributed by atoms with E-state index in [4.69, 9.17) is 5.11 Å². The first-order valence-electron chi connectivity index (χ1n) is 6.28. The molecule has 0 aliphatic rings. The van der Waals surface area contributed by atoms with Crippen LogP contribution in [-0.2, 0) is 17.0 Å². The molecule has 1 atom stereocenters. The molecule has 2 rings (SSSR count). The fourth-order valence-electron chi connectivity index (χ4n) is 1.66. The van der Waals surface area contributed by atoms with Gasteiger partial charge in [0.25, 0.3) is 5.56 Å². The van der Waals surface area contributed by atoms with Crippen LogP contribution >= 0.6 is 23.1 Å². The van der Waals surface area contributed by atoms with Crippen molar-refractivity contribution in [1.29, 1.82) is 0 Å². The van der Waals surface area contributed by atoms with E-state index in [9.17, 15) is 9.59 Å². The Balaban J connectivity index is 2.23. The van der Waals surface area contributed by atoms with E-state index in [0.29, 0.717) is 22.8 Å². The van der Waals surface area contributed by atoms with Crippen LogP contribution < -0.4 is 5.56 Å². The Kier molecular flexibility index (Phi) is 4.77. The number of nitrogens with zero attached hydrogens (tertiary/aromatic N) is 3. The van der Waals surface area contributed by atoms with Gasteiger partial charge in [-0.25, -0.2) is 4.98 Å². The van der Waals surface area contributed by atoms with Crippen LogP contribution in [0.4, 0.5) is 0 Å². The minimum atomic E-state index is -0.832. The number of aromatic nitrogens is 3. The van der Waals surface area contributed by atoms with Crippen LogP contribution in [0.3, 0.4) is 0 Å². The lowest BCUT2D eigenvalue weighted by atomic mass is 10.3. The number of carboxylic acid groups (broad SMARTS) is 1. The number of aryl methyl sites for hydroxylation is 1. The second-order valence-corrected chi connectivity index (χ2v) is 6.41. The Morgan fingerprint density at radius 3 is 2.90 bits per heavy atom. The minimum absolute atomic E-state index is 0.218. The van der Waals surface area contributed by atoms with E-state index in [1.165, 1.54) is 33.7 Å². The van der Waals surface area contributed by atoms with Gasteiger partial charge in [-0.1, -0.05) is 25.2 Å². The summed E-state index contributed by atoms with van der Waals surface area (Å²) in [6.45, 7) is 3.80. The van der Waals surface area contributed by atoms with Gasteiger partial charge >= 0.3 is 5.97 Å². The molecule has 0 aliphatic carbocycles. The third-order valence-electron chi connectivity index (χ3n) is 2.72. The number of aliphatic carboxylic acids is 1. The number of carboxylic acids is 1. The molecule has 0 fully saturated rings. The summed E-state index contributed by atoms with van der Waals surface area (Å²) in [5.74, 6) is -0.419. The molecule has 0 spiro atoms. The highest BCUT2D eigenvalue weighted by atomic mass is 32.2. The summed E-state index contributed by atoms with van der Waals surface area (Å²) in [6.07, 6.45) is 1.30. The molecule has 1 unspecified atom stereocenters. The molecule has 2 aromatic heterocycles. The van der Waals surface area contributed by atoms with Gasteiger partial charge in [0.1, 0.15) is 10.3 Å². The van der Waals surface area contributed by atoms with Gasteiger partial charge in [-0.2, -0.15) is 9.61 Å². The summed E-state index contributed by atoms with van der Waals surface area (Å²) in [5.41, 5.74) is 0.385. The number of hydrogen-bond donors (Lipinski definition) is 1. The first-order chi connectivity index (χ1) is 9.55. The first-order valence-corrected chi connectivity index (χ1v) is 8.14. The lowest BCUT2D eigenvalue weighted by Gasteiger charge is -2.08. The highest BCUT2D eigenvalue weighted by Crippen LogP contribution is 2.20. The molecule has 0 saturated heterocycles. The lowest BCUT2D eigenvalue weighted by molar-refractivity contribution is -0.136. The van der Waals surface area contributed by atoms with Crippen LogP contribution in [0, 0.1) is 0 Å². The van der Waals surface area contributed by atoms with Crippen molar-refractivity contribution in [3.05, 3.63) is 27.1 Å². The van der Waals surface area contributed by atoms with Crippen LogP contribution in [0.1, 0.15) is 31.0 Å². The normalized spacial score (nSPS) is 12.7. The predicted octanol–water partition coefficient (Wildman–Crippen LogP) is 1.81. The van der Waals surface area contributed by atoms with Crippen LogP contribution in [0.25, 0.3) is 4.96 Å². The van der Waals surface area contributed by atoms with Gasteiger partial charge in [0.2, 0.25) is 4.96 Å². The molecule has 0 aliphatic heterocycles. The van der Waals surface area contributed by atoms with E-state index < -0.39 is 11.2 Å². The van der Waals surface area contributed by atoms with E-state index in [0.717, 1.165) is 11.4 Å². The fourth-order valence-corrected chi connectivity index (χ4v) is 3.42. The van der Waals surface area contributed by atoms with Crippen LogP contribution in [0.5, 0.6) is 0 Å². The zero-order valence-electron chi connectivity index (χ0n) is 11.2. The number of rotatable bonds is 6. The van der Waals surface area contributed by atoms with Gasteiger partial charge < -0.3 is 5.11 Å². The molecule has 2 heterocycles. The van der Waals surface area contributed by atoms with Crippen LogP contribution in [-0.4, -0.2) is 30.9 Å². The molecule has 1 N–H and O–H groups in total. The van der Waals surface area contributed by atoms with Gasteiger partial charge in [0, 0.05) is 11.8 Å². The smallest absolute Gasteiger partial charge is 0.316 e. The van der Waals surface area contributed by atoms with Crippen molar-refractivity contribution in [2.45, 2.75) is 37.7 Å². The topological polar surface area (TPSA) is 84.6 Å². The molecular weight excluding hydrogens is 298 g/mol. The second-order valence-electron chi connectivity index (χ2n) is 4.18. The quantitative estimate of drug-likeness (QED) is 0.875.